The highest BCUT2D eigenvalue weighted by Crippen LogP contribution is 2.49. The van der Waals surface area contributed by atoms with Gasteiger partial charge < -0.3 is 100 Å². The molecule has 0 aromatic carbocycles. The number of carbonyl (C=O) groups excluding carboxylic acids is 12. The van der Waals surface area contributed by atoms with E-state index in [1.54, 1.807) is 83.1 Å². The number of β-amino-alcohol motifs (C(OH)–C–C–N with tert-alkyl or cyclic N) is 2. The number of hydrogen-bond donors (Lipinski definition) is 11. The van der Waals surface area contributed by atoms with E-state index in [0.29, 0.717) is 83.8 Å². The summed E-state index contributed by atoms with van der Waals surface area (Å²) < 4.78 is 42.5. The number of ether oxygens (including phenoxy) is 8. The van der Waals surface area contributed by atoms with Crippen LogP contribution in [0, 0.1) is 17.8 Å². The van der Waals surface area contributed by atoms with E-state index >= 15 is 0 Å². The minimum Gasteiger partial charge on any atom is -0.480 e. The predicted molar refractivity (Wildman–Crippen MR) is 472 cm³/mol. The average Bonchev–Trinajstić information content (AvgIpc) is 1.59. The van der Waals surface area contributed by atoms with Gasteiger partial charge in [-0.15, -0.1) is 0 Å². The quantitative estimate of drug-likeness (QED) is 0.00923. The second kappa shape index (κ2) is 49.8. The number of aliphatic hydroxyl groups excluding tert-OH is 3. The minimum absolute atomic E-state index is 0. The third-order valence-corrected chi connectivity index (χ3v) is 24.8. The van der Waals surface area contributed by atoms with Crippen LogP contribution in [0.1, 0.15) is 233 Å². The highest BCUT2D eigenvalue weighted by molar-refractivity contribution is 6.76. The number of carboxylic acids is 1. The van der Waals surface area contributed by atoms with E-state index in [1.807, 2.05) is 36.5 Å². The number of allylic oxidation sites excluding steroid dienone is 3. The lowest BCUT2D eigenvalue weighted by Gasteiger charge is -2.30. The van der Waals surface area contributed by atoms with E-state index in [-0.39, 0.29) is 90.9 Å². The number of aliphatic carboxylic acids is 1. The molecule has 0 spiro atoms. The summed E-state index contributed by atoms with van der Waals surface area (Å²) in [5.74, 6) is -5.45. The van der Waals surface area contributed by atoms with Gasteiger partial charge in [0, 0.05) is 59.8 Å². The summed E-state index contributed by atoms with van der Waals surface area (Å²) in [6.45, 7) is 35.3. The maximum absolute atomic E-state index is 13.5. The van der Waals surface area contributed by atoms with Gasteiger partial charge in [-0.2, -0.15) is 0 Å². The van der Waals surface area contributed by atoms with Crippen molar-refractivity contribution in [3.63, 3.8) is 0 Å². The van der Waals surface area contributed by atoms with Gasteiger partial charge in [0.1, 0.15) is 63.6 Å². The van der Waals surface area contributed by atoms with Crippen LogP contribution in [0.2, 0.25) is 51.4 Å². The topological polar surface area (TPSA) is 467 Å². The Balaban J connectivity index is 0.000000488. The zero-order valence-corrected chi connectivity index (χ0v) is 77.6. The van der Waals surface area contributed by atoms with Crippen LogP contribution in [0.3, 0.4) is 0 Å². The molecule has 124 heavy (non-hydrogen) atoms. The number of esters is 4. The molecule has 4 heterocycles. The normalized spacial score (nSPS) is 26.2. The van der Waals surface area contributed by atoms with Gasteiger partial charge in [0.2, 0.25) is 23.6 Å². The van der Waals surface area contributed by atoms with Crippen molar-refractivity contribution < 1.29 is 121 Å². The second-order valence-electron chi connectivity index (χ2n) is 38.3. The van der Waals surface area contributed by atoms with Gasteiger partial charge in [-0.05, 0) is 179 Å². The first kappa shape index (κ1) is 110. The Labute approximate surface area is 737 Å². The van der Waals surface area contributed by atoms with Crippen LogP contribution in [0.15, 0.2) is 36.5 Å². The summed E-state index contributed by atoms with van der Waals surface area (Å²) in [5, 5.41) is 58.9. The van der Waals surface area contributed by atoms with E-state index in [9.17, 15) is 82.8 Å². The monoisotopic (exact) mass is 1790 g/mol. The van der Waals surface area contributed by atoms with E-state index in [4.69, 9.17) is 37.9 Å². The minimum atomic E-state index is -1.43. The number of hydrogen-bond acceptors (Lipinski definition) is 25. The van der Waals surface area contributed by atoms with Crippen molar-refractivity contribution in [2.24, 2.45) is 17.8 Å². The number of nitrogens with one attached hydrogen (secondary N) is 7. The second-order valence-corrected chi connectivity index (χ2v) is 49.6. The Bertz CT molecular complexity index is 3630. The van der Waals surface area contributed by atoms with E-state index in [2.05, 4.69) is 76.5 Å². The third kappa shape index (κ3) is 37.4. The number of carboxylic acid groups (broad SMARTS) is 1. The first-order chi connectivity index (χ1) is 56.9. The molecule has 3 saturated heterocycles. The van der Waals surface area contributed by atoms with Crippen LogP contribution in [0.25, 0.3) is 0 Å². The van der Waals surface area contributed by atoms with Crippen molar-refractivity contribution in [2.75, 3.05) is 52.7 Å². The zero-order chi connectivity index (χ0) is 91.4. The fourth-order valence-corrected chi connectivity index (χ4v) is 16.0. The van der Waals surface area contributed by atoms with Gasteiger partial charge in [-0.3, -0.25) is 24.1 Å². The van der Waals surface area contributed by atoms with Crippen molar-refractivity contribution >= 4 is 94.0 Å². The van der Waals surface area contributed by atoms with E-state index < -0.39 is 176 Å². The summed E-state index contributed by atoms with van der Waals surface area (Å²) in [7, 11) is -2.83. The smallest absolute Gasteiger partial charge is 0.410 e. The maximum atomic E-state index is 13.5. The number of fused-ring (bicyclic) bond motifs is 2. The number of carbonyl (C=O) groups is 13. The predicted octanol–water partition coefficient (Wildman–Crippen LogP) is 10.3. The van der Waals surface area contributed by atoms with Gasteiger partial charge in [-0.1, -0.05) is 129 Å². The SMILES string of the molecule is C.C.CCOC(=O)[C@@]1(NC(=O)[C@@H]2C[C@@H](O)CN2)C[C@H]1/C=C\CCCCC[C@H](NC(=O)OC(C)(C)C)C(=O)O.CCOC(=O)[C@@]1(NC(=O)[C@@H]2C[C@@H](O)CN2C(=O)OCC[Si](C)(C)C)C[C@H]1/C=C\CCCCC[C@H](NC(=O)OC(C)(C)C)C(=O)OCC[Si](C)(C)C.CCOC(=O)[C@@]12C[C@H]1/C=C\CCCCC[C@H](NC(=O)OC(C)(C)C)C(=O)N1C[C@H](O)C[C@H]1C(=O)N2. The summed E-state index contributed by atoms with van der Waals surface area (Å²) in [6, 6.07) is -3.53. The van der Waals surface area contributed by atoms with Crippen LogP contribution in [-0.2, 0) is 81.0 Å². The molecule has 7 rings (SSSR count). The lowest BCUT2D eigenvalue weighted by Crippen LogP contribution is -2.56. The van der Waals surface area contributed by atoms with Crippen molar-refractivity contribution in [3.05, 3.63) is 36.5 Å². The number of rotatable bonds is 35. The van der Waals surface area contributed by atoms with Gasteiger partial charge in [0.15, 0.2) is 0 Å². The maximum Gasteiger partial charge on any atom is 0.410 e. The van der Waals surface area contributed by atoms with Crippen molar-refractivity contribution in [2.45, 2.75) is 372 Å². The number of alkyl carbamates (subject to hydrolysis) is 3. The molecule has 34 nitrogen and oxygen atoms in total. The Morgan fingerprint density at radius 2 is 1.07 bits per heavy atom. The number of amides is 8. The molecule has 0 aromatic heterocycles. The highest BCUT2D eigenvalue weighted by Gasteiger charge is 2.64. The molecule has 8 amide bonds. The number of unbranched alkanes of at least 4 members (excludes halogenated alkanes) is 6. The molecule has 708 valence electrons. The van der Waals surface area contributed by atoms with Crippen LogP contribution in [0.5, 0.6) is 0 Å². The Hall–Kier alpha value is -8.20. The lowest BCUT2D eigenvalue weighted by molar-refractivity contribution is -0.150. The van der Waals surface area contributed by atoms with Gasteiger partial charge >= 0.3 is 54.2 Å². The summed E-state index contributed by atoms with van der Waals surface area (Å²) in [5.41, 5.74) is -5.58. The molecule has 6 fully saturated rings. The van der Waals surface area contributed by atoms with Crippen molar-refractivity contribution in [3.8, 4) is 0 Å². The standard InChI is InChI=1S/C36H65N3O10Si2.C25H41N3O8.C25H39N3O7.2CH4/c1-11-46-32(43)36(38-30(41)29-23-27(40)25-39(29)34(45)48-20-22-51(8,9)10)24-26(36)17-15-13-12-14-16-18-28(37-33(44)49-35(2,3)4)31(42)47-19-21-50(5,6)7;1-5-35-22(33)25(28-20(30)19-13-17(29)15-26-19)14-16(25)11-9-7-6-8-10-12-18(21(31)32)27-23(34)36-24(2,3)4;1-5-34-22(32)25-14-16(25)11-9-7-6-8-10-12-18(26-23(33)35-24(2,3)4)21(31)28-15-17(29)13-19(28)20(30)27-25;;/h15,17,26-29,40H,11-14,16,18-25H2,1-10H3,(H,37,44)(H,38,41);9,11,16-19,26,29H,5-8,10,12-15H2,1-4H3,(H,27,34)(H,28,30)(H,31,32);9,11,16-19,29H,5-8,10,12-15H2,1-4H3,(H,26,33)(H,27,30);2*1H4/b17-15-;2*11-9-;;/t26-,27-,28+,29+,36-;2*16-,17-,18+,19+,25-;;/m111../s1. The molecule has 3 saturated carbocycles. The highest BCUT2D eigenvalue weighted by atomic mass is 28.3. The number of aliphatic hydroxyl groups is 3. The first-order valence-electron chi connectivity index (χ1n) is 43.8. The third-order valence-electron chi connectivity index (χ3n) is 21.4. The Morgan fingerprint density at radius 3 is 1.57 bits per heavy atom. The first-order valence-corrected chi connectivity index (χ1v) is 51.2. The molecule has 4 aliphatic heterocycles. The molecule has 0 aromatic rings. The molecule has 11 N–H and O–H groups in total. The molecule has 0 bridgehead atoms. The number of likely N-dealkylation sites (tertiary alicyclic amines) is 1. The summed E-state index contributed by atoms with van der Waals surface area (Å²) in [6.07, 6.45) is 18.5. The fourth-order valence-electron chi connectivity index (χ4n) is 14.6. The van der Waals surface area contributed by atoms with Crippen molar-refractivity contribution in [1.82, 2.24) is 47.0 Å². The number of nitrogens with zero attached hydrogens (tertiary/aromatic N) is 2. The molecule has 36 heteroatoms. The summed E-state index contributed by atoms with van der Waals surface area (Å²) >= 11 is 0. The van der Waals surface area contributed by atoms with E-state index in [1.165, 1.54) is 9.80 Å². The molecule has 0 radical (unpaired) electrons. The average molecular weight is 1790 g/mol. The molecule has 15 atom stereocenters. The molecular weight excluding hydrogens is 1640 g/mol. The van der Waals surface area contributed by atoms with Crippen molar-refractivity contribution in [1.29, 1.82) is 0 Å². The van der Waals surface area contributed by atoms with Crippen LogP contribution < -0.4 is 37.2 Å². The molecule has 0 unspecified atom stereocenters. The largest absolute Gasteiger partial charge is 0.480 e. The Morgan fingerprint density at radius 1 is 0.581 bits per heavy atom. The van der Waals surface area contributed by atoms with Gasteiger partial charge in [0.05, 0.1) is 63.9 Å². The molecule has 7 aliphatic rings. The van der Waals surface area contributed by atoms with Gasteiger partial charge in [-0.25, -0.2) is 43.2 Å². The van der Waals surface area contributed by atoms with Crippen LogP contribution >= 0.6 is 0 Å². The molecule has 3 aliphatic carbocycles. The molecular formula is C88H153N9O25Si2. The van der Waals surface area contributed by atoms with Crippen LogP contribution in [0.4, 0.5) is 19.2 Å². The summed E-state index contributed by atoms with van der Waals surface area (Å²) in [4.78, 5) is 168. The zero-order valence-electron chi connectivity index (χ0n) is 75.6. The van der Waals surface area contributed by atoms with E-state index in [0.717, 1.165) is 63.5 Å². The Kier molecular flexibility index (Phi) is 44.2. The van der Waals surface area contributed by atoms with Crippen LogP contribution in [-0.4, -0.2) is 265 Å². The lowest BCUT2D eigenvalue weighted by atomic mass is 10.0. The van der Waals surface area contributed by atoms with Gasteiger partial charge in [0.25, 0.3) is 0 Å². The fraction of sp³-hybridized carbons (Fsp3) is 0.784.